The summed E-state index contributed by atoms with van der Waals surface area (Å²) in [6.07, 6.45) is 33.0. The lowest BCUT2D eigenvalue weighted by Gasteiger charge is -2.27. The van der Waals surface area contributed by atoms with Gasteiger partial charge in [0, 0.05) is 12.8 Å². The number of hydrogen-bond donors (Lipinski definition) is 2. The second-order valence-electron chi connectivity index (χ2n) is 12.9. The van der Waals surface area contributed by atoms with Crippen molar-refractivity contribution in [2.24, 2.45) is 5.73 Å². The van der Waals surface area contributed by atoms with E-state index in [2.05, 4.69) is 13.8 Å². The highest BCUT2D eigenvalue weighted by atomic mass is 16.4. The van der Waals surface area contributed by atoms with Gasteiger partial charge in [0.2, 0.25) is 11.8 Å². The first-order valence-corrected chi connectivity index (χ1v) is 18.8. The van der Waals surface area contributed by atoms with E-state index < -0.39 is 12.0 Å². The maximum absolute atomic E-state index is 13.1. The summed E-state index contributed by atoms with van der Waals surface area (Å²) in [4.78, 5) is 39.4. The van der Waals surface area contributed by atoms with Crippen LogP contribution in [0.25, 0.3) is 0 Å². The molecule has 0 aromatic heterocycles. The van der Waals surface area contributed by atoms with E-state index in [1.54, 1.807) is 0 Å². The third kappa shape index (κ3) is 25.6. The van der Waals surface area contributed by atoms with Gasteiger partial charge in [-0.3, -0.25) is 14.5 Å². The van der Waals surface area contributed by atoms with E-state index in [4.69, 9.17) is 5.73 Å². The van der Waals surface area contributed by atoms with Gasteiger partial charge in [-0.1, -0.05) is 168 Å². The van der Waals surface area contributed by atoms with Gasteiger partial charge in [0.05, 0.1) is 0 Å². The minimum atomic E-state index is -1.11. The van der Waals surface area contributed by atoms with Crippen molar-refractivity contribution in [3.8, 4) is 0 Å². The van der Waals surface area contributed by atoms with Crippen molar-refractivity contribution in [2.75, 3.05) is 6.54 Å². The van der Waals surface area contributed by atoms with Crippen molar-refractivity contribution >= 4 is 17.8 Å². The molecule has 6 nitrogen and oxygen atoms in total. The number of nitrogens with zero attached hydrogens (tertiary/aromatic N) is 1. The summed E-state index contributed by atoms with van der Waals surface area (Å²) in [5, 5.41) is 9.85. The van der Waals surface area contributed by atoms with Crippen molar-refractivity contribution < 1.29 is 19.5 Å². The molecule has 0 saturated heterocycles. The van der Waals surface area contributed by atoms with Gasteiger partial charge in [0.25, 0.3) is 0 Å². The maximum Gasteiger partial charge on any atom is 0.326 e. The van der Waals surface area contributed by atoms with Crippen LogP contribution in [-0.4, -0.2) is 40.4 Å². The Morgan fingerprint density at radius 3 is 1.02 bits per heavy atom. The normalized spacial score (nSPS) is 12.0. The highest BCUT2D eigenvalue weighted by Crippen LogP contribution is 2.18. The largest absolute Gasteiger partial charge is 0.480 e. The van der Waals surface area contributed by atoms with Crippen molar-refractivity contribution in [2.45, 2.75) is 213 Å². The molecular weight excluding hydrogens is 536 g/mol. The SMILES string of the molecule is CCCCCCCCCCCCCCCC(=O)N(C(=O)CCCCCCCCCCCCCCC)[C@@H](CCCN)C(=O)O. The van der Waals surface area contributed by atoms with Crippen LogP contribution in [0.5, 0.6) is 0 Å². The molecule has 43 heavy (non-hydrogen) atoms. The molecule has 0 aliphatic heterocycles. The minimum absolute atomic E-state index is 0.223. The highest BCUT2D eigenvalue weighted by Gasteiger charge is 2.33. The number of unbranched alkanes of at least 4 members (excludes halogenated alkanes) is 24. The number of imide groups is 1. The van der Waals surface area contributed by atoms with Gasteiger partial charge in [-0.05, 0) is 32.2 Å². The Labute approximate surface area is 266 Å². The zero-order valence-corrected chi connectivity index (χ0v) is 28.7. The van der Waals surface area contributed by atoms with E-state index in [0.717, 1.165) is 30.6 Å². The zero-order chi connectivity index (χ0) is 31.8. The molecule has 0 bridgehead atoms. The molecule has 0 fully saturated rings. The summed E-state index contributed by atoms with van der Waals surface area (Å²) in [5.41, 5.74) is 5.63. The number of rotatable bonds is 33. The van der Waals surface area contributed by atoms with Crippen LogP contribution in [0, 0.1) is 0 Å². The molecule has 0 rings (SSSR count). The van der Waals surface area contributed by atoms with Crippen LogP contribution < -0.4 is 5.73 Å². The predicted molar refractivity (Wildman–Crippen MR) is 182 cm³/mol. The maximum atomic E-state index is 13.1. The molecule has 0 saturated carbocycles. The van der Waals surface area contributed by atoms with E-state index in [0.29, 0.717) is 25.8 Å². The summed E-state index contributed by atoms with van der Waals surface area (Å²) in [7, 11) is 0. The van der Waals surface area contributed by atoms with E-state index >= 15 is 0 Å². The van der Waals surface area contributed by atoms with E-state index in [1.165, 1.54) is 128 Å². The Morgan fingerprint density at radius 2 is 0.767 bits per heavy atom. The van der Waals surface area contributed by atoms with Crippen molar-refractivity contribution in [3.05, 3.63) is 0 Å². The second kappa shape index (κ2) is 32.0. The average Bonchev–Trinajstić information content (AvgIpc) is 2.99. The van der Waals surface area contributed by atoms with Crippen molar-refractivity contribution in [1.82, 2.24) is 4.90 Å². The number of aliphatic carboxylic acids is 1. The van der Waals surface area contributed by atoms with Crippen LogP contribution in [0.4, 0.5) is 0 Å². The fourth-order valence-corrected chi connectivity index (χ4v) is 5.99. The molecular formula is C37H72N2O4. The Bertz CT molecular complexity index is 613. The number of carbonyl (C=O) groups is 3. The first-order valence-electron chi connectivity index (χ1n) is 18.8. The molecule has 1 atom stereocenters. The molecule has 2 amide bonds. The Kier molecular flexibility index (Phi) is 30.9. The first kappa shape index (κ1) is 41.6. The van der Waals surface area contributed by atoms with E-state index in [9.17, 15) is 19.5 Å². The topological polar surface area (TPSA) is 101 Å². The van der Waals surface area contributed by atoms with E-state index in [-0.39, 0.29) is 31.1 Å². The summed E-state index contributed by atoms with van der Waals surface area (Å²) in [5.74, 6) is -1.76. The van der Waals surface area contributed by atoms with Crippen LogP contribution in [0.15, 0.2) is 0 Å². The number of carboxylic acids is 1. The first-order chi connectivity index (χ1) is 21.0. The fraction of sp³-hybridized carbons (Fsp3) is 0.919. The predicted octanol–water partition coefficient (Wildman–Crippen LogP) is 10.5. The Morgan fingerprint density at radius 1 is 0.488 bits per heavy atom. The lowest BCUT2D eigenvalue weighted by atomic mass is 10.0. The number of nitrogens with two attached hydrogens (primary N) is 1. The molecule has 6 heteroatoms. The number of carboxylic acid groups (broad SMARTS) is 1. The number of carbonyl (C=O) groups excluding carboxylic acids is 2. The van der Waals surface area contributed by atoms with Gasteiger partial charge < -0.3 is 10.8 Å². The summed E-state index contributed by atoms with van der Waals surface area (Å²) >= 11 is 0. The molecule has 0 aliphatic rings. The standard InChI is InChI=1S/C37H72N2O4/c1-3-5-7-9-11-13-15-17-19-21-23-25-27-31-35(40)39(34(37(42)43)30-29-33-38)36(41)32-28-26-24-22-20-18-16-14-12-10-8-6-4-2/h34H,3-33,38H2,1-2H3,(H,42,43)/t34-/m0/s1. The summed E-state index contributed by atoms with van der Waals surface area (Å²) in [6.45, 7) is 4.85. The summed E-state index contributed by atoms with van der Waals surface area (Å²) < 4.78 is 0. The third-order valence-corrected chi connectivity index (χ3v) is 8.80. The lowest BCUT2D eigenvalue weighted by Crippen LogP contribution is -2.48. The Hall–Kier alpha value is -1.43. The lowest BCUT2D eigenvalue weighted by molar-refractivity contribution is -0.158. The van der Waals surface area contributed by atoms with Gasteiger partial charge >= 0.3 is 5.97 Å². The molecule has 0 heterocycles. The van der Waals surface area contributed by atoms with Crippen molar-refractivity contribution in [1.29, 1.82) is 0 Å². The van der Waals surface area contributed by atoms with Gasteiger partial charge in [-0.25, -0.2) is 4.79 Å². The van der Waals surface area contributed by atoms with E-state index in [1.807, 2.05) is 0 Å². The molecule has 0 aromatic rings. The minimum Gasteiger partial charge on any atom is -0.480 e. The fourth-order valence-electron chi connectivity index (χ4n) is 5.99. The van der Waals surface area contributed by atoms with Crippen LogP contribution in [0.3, 0.4) is 0 Å². The molecule has 0 aromatic carbocycles. The third-order valence-electron chi connectivity index (χ3n) is 8.80. The van der Waals surface area contributed by atoms with Crippen LogP contribution >= 0.6 is 0 Å². The number of amides is 2. The van der Waals surface area contributed by atoms with Gasteiger partial charge in [0.15, 0.2) is 0 Å². The Balaban J connectivity index is 4.29. The van der Waals surface area contributed by atoms with Crippen LogP contribution in [-0.2, 0) is 14.4 Å². The molecule has 0 radical (unpaired) electrons. The average molecular weight is 609 g/mol. The molecule has 0 aliphatic carbocycles. The van der Waals surface area contributed by atoms with Gasteiger partial charge in [-0.2, -0.15) is 0 Å². The second-order valence-corrected chi connectivity index (χ2v) is 12.9. The highest BCUT2D eigenvalue weighted by molar-refractivity contribution is 5.99. The summed E-state index contributed by atoms with van der Waals surface area (Å²) in [6, 6.07) is -1.10. The van der Waals surface area contributed by atoms with Crippen LogP contribution in [0.1, 0.15) is 206 Å². The van der Waals surface area contributed by atoms with Gasteiger partial charge in [0.1, 0.15) is 6.04 Å². The molecule has 3 N–H and O–H groups in total. The smallest absolute Gasteiger partial charge is 0.326 e. The quantitative estimate of drug-likeness (QED) is 0.0722. The van der Waals surface area contributed by atoms with Crippen molar-refractivity contribution in [3.63, 3.8) is 0 Å². The molecule has 254 valence electrons. The number of hydrogen-bond acceptors (Lipinski definition) is 4. The monoisotopic (exact) mass is 609 g/mol. The zero-order valence-electron chi connectivity index (χ0n) is 28.7. The van der Waals surface area contributed by atoms with Gasteiger partial charge in [-0.15, -0.1) is 0 Å². The van der Waals surface area contributed by atoms with Crippen LogP contribution in [0.2, 0.25) is 0 Å². The molecule has 0 spiro atoms. The molecule has 0 unspecified atom stereocenters.